The summed E-state index contributed by atoms with van der Waals surface area (Å²) < 4.78 is 19.1. The van der Waals surface area contributed by atoms with Crippen LogP contribution in [0.15, 0.2) is 76.4 Å². The third-order valence-corrected chi connectivity index (χ3v) is 4.55. The van der Waals surface area contributed by atoms with Gasteiger partial charge in [0.15, 0.2) is 0 Å². The van der Waals surface area contributed by atoms with E-state index < -0.39 is 16.7 Å². The van der Waals surface area contributed by atoms with Crippen LogP contribution in [0.1, 0.15) is 10.5 Å². The molecule has 9 heteroatoms. The molecule has 0 spiro atoms. The molecule has 1 amide bonds. The van der Waals surface area contributed by atoms with Gasteiger partial charge in [-0.05, 0) is 48.5 Å². The van der Waals surface area contributed by atoms with Gasteiger partial charge in [-0.25, -0.2) is 4.39 Å². The molecule has 3 aromatic carbocycles. The van der Waals surface area contributed by atoms with Crippen LogP contribution < -0.4 is 31.5 Å². The van der Waals surface area contributed by atoms with Gasteiger partial charge in [0.05, 0.1) is 0 Å². The number of anilines is 4. The van der Waals surface area contributed by atoms with Gasteiger partial charge >= 0.3 is 0 Å². The Labute approximate surface area is 181 Å². The Morgan fingerprint density at radius 2 is 1.56 bits per heavy atom. The predicted molar refractivity (Wildman–Crippen MR) is 118 cm³/mol. The molecule has 8 nitrogen and oxygen atoms in total. The van der Waals surface area contributed by atoms with Crippen molar-refractivity contribution < 1.29 is 13.9 Å². The number of pyridine rings is 1. The summed E-state index contributed by atoms with van der Waals surface area (Å²) in [4.78, 5) is 39.6. The number of amides is 1. The number of carbonyl (C=O) groups excluding carboxylic acids is 1. The zero-order valence-electron chi connectivity index (χ0n) is 16.8. The first kappa shape index (κ1) is 20.7. The fourth-order valence-corrected chi connectivity index (χ4v) is 2.95. The fraction of sp³-hybridized carbons (Fsp3) is 0.0435. The SMILES string of the molecule is CNC(=O)c1cc(Oc2ccc(Nc3c(Nc4cccc(F)c4)c(=O)c3=O)cc2)ccn1. The van der Waals surface area contributed by atoms with Gasteiger partial charge in [-0.15, -0.1) is 0 Å². The monoisotopic (exact) mass is 432 g/mol. The first-order valence-electron chi connectivity index (χ1n) is 9.53. The highest BCUT2D eigenvalue weighted by Gasteiger charge is 2.21. The number of rotatable bonds is 7. The van der Waals surface area contributed by atoms with Crippen LogP contribution in [0, 0.1) is 5.82 Å². The second-order valence-corrected chi connectivity index (χ2v) is 6.75. The first-order valence-corrected chi connectivity index (χ1v) is 9.53. The molecule has 32 heavy (non-hydrogen) atoms. The van der Waals surface area contributed by atoms with Crippen LogP contribution >= 0.6 is 0 Å². The van der Waals surface area contributed by atoms with E-state index in [1.807, 2.05) is 0 Å². The Bertz CT molecular complexity index is 1360. The van der Waals surface area contributed by atoms with Gasteiger partial charge in [0.2, 0.25) is 0 Å². The van der Waals surface area contributed by atoms with Gasteiger partial charge in [0, 0.05) is 30.7 Å². The van der Waals surface area contributed by atoms with Crippen LogP contribution in [-0.2, 0) is 0 Å². The lowest BCUT2D eigenvalue weighted by Crippen LogP contribution is -2.35. The van der Waals surface area contributed by atoms with E-state index in [2.05, 4.69) is 20.9 Å². The van der Waals surface area contributed by atoms with E-state index >= 15 is 0 Å². The van der Waals surface area contributed by atoms with E-state index in [0.29, 0.717) is 22.9 Å². The molecule has 0 unspecified atom stereocenters. The molecule has 0 aliphatic heterocycles. The molecule has 4 rings (SSSR count). The third kappa shape index (κ3) is 4.31. The summed E-state index contributed by atoms with van der Waals surface area (Å²) in [6.07, 6.45) is 1.47. The van der Waals surface area contributed by atoms with Crippen LogP contribution in [0.2, 0.25) is 0 Å². The molecule has 0 aliphatic carbocycles. The summed E-state index contributed by atoms with van der Waals surface area (Å²) in [7, 11) is 1.51. The van der Waals surface area contributed by atoms with Crippen LogP contribution in [0.3, 0.4) is 0 Å². The molecule has 0 aliphatic rings. The smallest absolute Gasteiger partial charge is 0.269 e. The van der Waals surface area contributed by atoms with Crippen LogP contribution in [0.25, 0.3) is 0 Å². The van der Waals surface area contributed by atoms with Crippen molar-refractivity contribution in [1.29, 1.82) is 0 Å². The lowest BCUT2D eigenvalue weighted by molar-refractivity contribution is 0.0958. The second kappa shape index (κ2) is 8.68. The molecule has 160 valence electrons. The zero-order valence-corrected chi connectivity index (χ0v) is 16.8. The van der Waals surface area contributed by atoms with Gasteiger partial charge in [-0.2, -0.15) is 0 Å². The zero-order chi connectivity index (χ0) is 22.7. The summed E-state index contributed by atoms with van der Waals surface area (Å²) in [6.45, 7) is 0. The highest BCUT2D eigenvalue weighted by Crippen LogP contribution is 2.27. The standard InChI is InChI=1S/C23H17FN4O4/c1-25-23(31)18-12-17(9-10-26-18)32-16-7-5-14(6-8-16)27-19-20(22(30)21(19)29)28-15-4-2-3-13(24)11-15/h2-12,27-28H,1H3,(H,25,31). The Hall–Kier alpha value is -4.53. The maximum atomic E-state index is 13.4. The number of benzene rings is 2. The third-order valence-electron chi connectivity index (χ3n) is 4.55. The Balaban J connectivity index is 1.47. The average molecular weight is 432 g/mol. The van der Waals surface area contributed by atoms with Gasteiger partial charge in [-0.1, -0.05) is 6.07 Å². The summed E-state index contributed by atoms with van der Waals surface area (Å²) in [5, 5.41) is 8.17. The van der Waals surface area contributed by atoms with Crippen molar-refractivity contribution >= 4 is 28.7 Å². The van der Waals surface area contributed by atoms with Gasteiger partial charge in [-0.3, -0.25) is 19.4 Å². The van der Waals surface area contributed by atoms with E-state index in [4.69, 9.17) is 4.74 Å². The molecule has 3 N–H and O–H groups in total. The molecule has 4 aromatic rings. The molecule has 0 fully saturated rings. The number of halogens is 1. The molecule has 1 heterocycles. The summed E-state index contributed by atoms with van der Waals surface area (Å²) in [6, 6.07) is 15.4. The molecule has 0 radical (unpaired) electrons. The Morgan fingerprint density at radius 1 is 0.875 bits per heavy atom. The van der Waals surface area contributed by atoms with E-state index in [0.717, 1.165) is 0 Å². The minimum Gasteiger partial charge on any atom is -0.457 e. The quantitative estimate of drug-likeness (QED) is 0.384. The molecular formula is C23H17FN4O4. The topological polar surface area (TPSA) is 109 Å². The van der Waals surface area contributed by atoms with E-state index in [1.165, 1.54) is 37.5 Å². The van der Waals surface area contributed by atoms with Crippen molar-refractivity contribution in [1.82, 2.24) is 10.3 Å². The number of ether oxygens (including phenoxy) is 1. The normalized spacial score (nSPS) is 10.6. The molecular weight excluding hydrogens is 415 g/mol. The Kier molecular flexibility index (Phi) is 5.63. The average Bonchev–Trinajstić information content (AvgIpc) is 2.81. The van der Waals surface area contributed by atoms with Crippen molar-refractivity contribution in [2.45, 2.75) is 0 Å². The van der Waals surface area contributed by atoms with Crippen molar-refractivity contribution in [3.05, 3.63) is 98.8 Å². The van der Waals surface area contributed by atoms with Crippen molar-refractivity contribution in [3.8, 4) is 11.5 Å². The molecule has 0 atom stereocenters. The van der Waals surface area contributed by atoms with Crippen LogP contribution in [-0.4, -0.2) is 17.9 Å². The molecule has 1 aromatic heterocycles. The maximum Gasteiger partial charge on any atom is 0.269 e. The number of nitrogens with one attached hydrogen (secondary N) is 3. The van der Waals surface area contributed by atoms with Gasteiger partial charge in [0.25, 0.3) is 16.8 Å². The number of hydrogen-bond donors (Lipinski definition) is 3. The van der Waals surface area contributed by atoms with Crippen molar-refractivity contribution in [3.63, 3.8) is 0 Å². The van der Waals surface area contributed by atoms with Gasteiger partial charge < -0.3 is 20.7 Å². The van der Waals surface area contributed by atoms with Crippen molar-refractivity contribution in [2.24, 2.45) is 0 Å². The van der Waals surface area contributed by atoms with E-state index in [-0.39, 0.29) is 23.0 Å². The maximum absolute atomic E-state index is 13.4. The van der Waals surface area contributed by atoms with E-state index in [9.17, 15) is 18.8 Å². The lowest BCUT2D eigenvalue weighted by atomic mass is 10.1. The largest absolute Gasteiger partial charge is 0.457 e. The predicted octanol–water partition coefficient (Wildman–Crippen LogP) is 3.46. The van der Waals surface area contributed by atoms with Crippen LogP contribution in [0.4, 0.5) is 27.1 Å². The summed E-state index contributed by atoms with van der Waals surface area (Å²) in [5.41, 5.74) is -0.0487. The minimum atomic E-state index is -0.679. The first-order chi connectivity index (χ1) is 15.4. The number of carbonyl (C=O) groups is 1. The number of hydrogen-bond acceptors (Lipinski definition) is 7. The summed E-state index contributed by atoms with van der Waals surface area (Å²) >= 11 is 0. The minimum absolute atomic E-state index is 0.0689. The van der Waals surface area contributed by atoms with Gasteiger partial charge in [0.1, 0.15) is 34.4 Å². The highest BCUT2D eigenvalue weighted by molar-refractivity contribution is 5.92. The molecule has 0 saturated heterocycles. The molecule has 0 bridgehead atoms. The number of nitrogens with zero attached hydrogens (tertiary/aromatic N) is 1. The Morgan fingerprint density at radius 3 is 2.22 bits per heavy atom. The number of aromatic nitrogens is 1. The van der Waals surface area contributed by atoms with Crippen LogP contribution in [0.5, 0.6) is 11.5 Å². The highest BCUT2D eigenvalue weighted by atomic mass is 19.1. The van der Waals surface area contributed by atoms with Crippen molar-refractivity contribution in [2.75, 3.05) is 17.7 Å². The lowest BCUT2D eigenvalue weighted by Gasteiger charge is -2.15. The second-order valence-electron chi connectivity index (χ2n) is 6.75. The molecule has 0 saturated carbocycles. The summed E-state index contributed by atoms with van der Waals surface area (Å²) in [5.74, 6) is 0.136. The fourth-order valence-electron chi connectivity index (χ4n) is 2.95. The van der Waals surface area contributed by atoms with E-state index in [1.54, 1.807) is 36.4 Å².